The normalized spacial score (nSPS) is 17.5. The van der Waals surface area contributed by atoms with Gasteiger partial charge in [-0.1, -0.05) is 6.07 Å². The maximum atomic E-state index is 12.3. The Morgan fingerprint density at radius 2 is 1.85 bits per heavy atom. The minimum atomic E-state index is -0.102. The molecule has 1 amide bonds. The summed E-state index contributed by atoms with van der Waals surface area (Å²) in [4.78, 5) is 14.6. The molecule has 0 radical (unpaired) electrons. The highest BCUT2D eigenvalue weighted by Gasteiger charge is 2.22. The fourth-order valence-electron chi connectivity index (χ4n) is 3.04. The Kier molecular flexibility index (Phi) is 8.61. The van der Waals surface area contributed by atoms with E-state index in [1.165, 1.54) is 0 Å². The number of ether oxygens (including phenoxy) is 3. The Labute approximate surface area is 162 Å². The molecule has 1 aliphatic rings. The summed E-state index contributed by atoms with van der Waals surface area (Å²) in [7, 11) is 0. The minimum absolute atomic E-state index is 0.0552. The molecule has 1 saturated heterocycles. The smallest absolute Gasteiger partial charge is 0.244 e. The molecule has 1 aromatic carbocycles. The van der Waals surface area contributed by atoms with Gasteiger partial charge in [0.25, 0.3) is 0 Å². The molecule has 1 N–H and O–H groups in total. The lowest BCUT2D eigenvalue weighted by atomic mass is 10.1. The van der Waals surface area contributed by atoms with Crippen molar-refractivity contribution in [1.82, 2.24) is 10.2 Å². The summed E-state index contributed by atoms with van der Waals surface area (Å²) in [5.74, 6) is 1.31. The fourth-order valence-corrected chi connectivity index (χ4v) is 3.04. The SMILES string of the molecule is CCOc1ccc(/C=C/C(=O)NC(C)C(C)N2CCOCC2)cc1OCC. The van der Waals surface area contributed by atoms with Crippen molar-refractivity contribution in [3.63, 3.8) is 0 Å². The third kappa shape index (κ3) is 6.56. The molecule has 1 aliphatic heterocycles. The van der Waals surface area contributed by atoms with Crippen LogP contribution in [0.4, 0.5) is 0 Å². The van der Waals surface area contributed by atoms with Crippen LogP contribution >= 0.6 is 0 Å². The van der Waals surface area contributed by atoms with E-state index in [0.717, 1.165) is 31.9 Å². The summed E-state index contributed by atoms with van der Waals surface area (Å²) in [5.41, 5.74) is 0.894. The van der Waals surface area contributed by atoms with E-state index in [2.05, 4.69) is 17.1 Å². The third-order valence-electron chi connectivity index (χ3n) is 4.71. The number of hydrogen-bond donors (Lipinski definition) is 1. The number of morpholine rings is 1. The Morgan fingerprint density at radius 3 is 2.52 bits per heavy atom. The van der Waals surface area contributed by atoms with Crippen molar-refractivity contribution in [3.8, 4) is 11.5 Å². The van der Waals surface area contributed by atoms with Gasteiger partial charge in [0.2, 0.25) is 5.91 Å². The first kappa shape index (κ1) is 21.3. The molecule has 0 spiro atoms. The standard InChI is InChI=1S/C21H32N2O4/c1-5-26-19-9-7-18(15-20(19)27-6-2)8-10-21(24)22-16(3)17(4)23-11-13-25-14-12-23/h7-10,15-17H,5-6,11-14H2,1-4H3,(H,22,24)/b10-8+. The van der Waals surface area contributed by atoms with Gasteiger partial charge >= 0.3 is 0 Å². The fraction of sp³-hybridized carbons (Fsp3) is 0.571. The lowest BCUT2D eigenvalue weighted by molar-refractivity contribution is -0.117. The number of amides is 1. The molecule has 1 aromatic rings. The summed E-state index contributed by atoms with van der Waals surface area (Å²) >= 11 is 0. The van der Waals surface area contributed by atoms with Gasteiger partial charge in [0.15, 0.2) is 11.5 Å². The van der Waals surface area contributed by atoms with Crippen molar-refractivity contribution >= 4 is 12.0 Å². The van der Waals surface area contributed by atoms with Crippen LogP contribution in [0.25, 0.3) is 6.08 Å². The van der Waals surface area contributed by atoms with E-state index in [1.807, 2.05) is 39.0 Å². The van der Waals surface area contributed by atoms with Crippen LogP contribution in [0.1, 0.15) is 33.3 Å². The van der Waals surface area contributed by atoms with Crippen LogP contribution in [0.15, 0.2) is 24.3 Å². The molecule has 0 aromatic heterocycles. The maximum Gasteiger partial charge on any atom is 0.244 e. The van der Waals surface area contributed by atoms with Gasteiger partial charge in [-0.2, -0.15) is 0 Å². The van der Waals surface area contributed by atoms with Gasteiger partial charge < -0.3 is 19.5 Å². The molecule has 2 rings (SSSR count). The van der Waals surface area contributed by atoms with E-state index in [-0.39, 0.29) is 18.0 Å². The Hall–Kier alpha value is -2.05. The average Bonchev–Trinajstić information content (AvgIpc) is 2.68. The lowest BCUT2D eigenvalue weighted by Crippen LogP contribution is -2.51. The van der Waals surface area contributed by atoms with Gasteiger partial charge in [-0.05, 0) is 51.5 Å². The highest BCUT2D eigenvalue weighted by atomic mass is 16.5. The monoisotopic (exact) mass is 376 g/mol. The number of nitrogens with zero attached hydrogens (tertiary/aromatic N) is 1. The molecule has 1 heterocycles. The molecular weight excluding hydrogens is 344 g/mol. The zero-order chi connectivity index (χ0) is 19.6. The van der Waals surface area contributed by atoms with Crippen LogP contribution in [-0.2, 0) is 9.53 Å². The van der Waals surface area contributed by atoms with Crippen LogP contribution in [0, 0.1) is 0 Å². The molecule has 2 unspecified atom stereocenters. The Bertz CT molecular complexity index is 627. The summed E-state index contributed by atoms with van der Waals surface area (Å²) in [6.07, 6.45) is 3.35. The molecule has 0 saturated carbocycles. The van der Waals surface area contributed by atoms with Crippen LogP contribution in [-0.4, -0.2) is 62.4 Å². The molecule has 1 fully saturated rings. The molecule has 6 nitrogen and oxygen atoms in total. The Morgan fingerprint density at radius 1 is 1.19 bits per heavy atom. The second-order valence-corrected chi connectivity index (χ2v) is 6.59. The number of hydrogen-bond acceptors (Lipinski definition) is 5. The van der Waals surface area contributed by atoms with Crippen molar-refractivity contribution in [1.29, 1.82) is 0 Å². The third-order valence-corrected chi connectivity index (χ3v) is 4.71. The van der Waals surface area contributed by atoms with Crippen LogP contribution in [0.5, 0.6) is 11.5 Å². The van der Waals surface area contributed by atoms with E-state index < -0.39 is 0 Å². The first-order valence-electron chi connectivity index (χ1n) is 9.75. The predicted octanol–water partition coefficient (Wildman–Crippen LogP) is 2.72. The van der Waals surface area contributed by atoms with Crippen molar-refractivity contribution in [3.05, 3.63) is 29.8 Å². The molecule has 0 aliphatic carbocycles. The van der Waals surface area contributed by atoms with Crippen LogP contribution < -0.4 is 14.8 Å². The first-order valence-corrected chi connectivity index (χ1v) is 9.75. The number of carbonyl (C=O) groups is 1. The zero-order valence-electron chi connectivity index (χ0n) is 16.9. The van der Waals surface area contributed by atoms with E-state index in [1.54, 1.807) is 12.2 Å². The highest BCUT2D eigenvalue weighted by molar-refractivity contribution is 5.92. The van der Waals surface area contributed by atoms with Gasteiger partial charge in [-0.25, -0.2) is 0 Å². The van der Waals surface area contributed by atoms with Gasteiger partial charge in [0.1, 0.15) is 0 Å². The van der Waals surface area contributed by atoms with Crippen molar-refractivity contribution in [2.45, 2.75) is 39.8 Å². The van der Waals surface area contributed by atoms with E-state index in [9.17, 15) is 4.79 Å². The van der Waals surface area contributed by atoms with E-state index in [0.29, 0.717) is 24.7 Å². The van der Waals surface area contributed by atoms with Crippen molar-refractivity contribution in [2.24, 2.45) is 0 Å². The van der Waals surface area contributed by atoms with Gasteiger partial charge in [-0.3, -0.25) is 9.69 Å². The molecule has 0 bridgehead atoms. The van der Waals surface area contributed by atoms with Gasteiger partial charge in [0.05, 0.1) is 26.4 Å². The van der Waals surface area contributed by atoms with Crippen molar-refractivity contribution < 1.29 is 19.0 Å². The highest BCUT2D eigenvalue weighted by Crippen LogP contribution is 2.29. The summed E-state index contributed by atoms with van der Waals surface area (Å²) in [5, 5.41) is 3.05. The summed E-state index contributed by atoms with van der Waals surface area (Å²) in [6.45, 7) is 12.5. The first-order chi connectivity index (χ1) is 13.0. The zero-order valence-corrected chi connectivity index (χ0v) is 16.9. The number of carbonyl (C=O) groups excluding carboxylic acids is 1. The lowest BCUT2D eigenvalue weighted by Gasteiger charge is -2.35. The summed E-state index contributed by atoms with van der Waals surface area (Å²) in [6, 6.07) is 5.99. The quantitative estimate of drug-likeness (QED) is 0.672. The number of benzene rings is 1. The second-order valence-electron chi connectivity index (χ2n) is 6.59. The maximum absolute atomic E-state index is 12.3. The second kappa shape index (κ2) is 10.9. The minimum Gasteiger partial charge on any atom is -0.490 e. The van der Waals surface area contributed by atoms with Gasteiger partial charge in [-0.15, -0.1) is 0 Å². The van der Waals surface area contributed by atoms with Crippen molar-refractivity contribution in [2.75, 3.05) is 39.5 Å². The van der Waals surface area contributed by atoms with Gasteiger partial charge in [0, 0.05) is 31.2 Å². The average molecular weight is 376 g/mol. The Balaban J connectivity index is 1.93. The molecule has 27 heavy (non-hydrogen) atoms. The number of nitrogens with one attached hydrogen (secondary N) is 1. The predicted molar refractivity (Wildman–Crippen MR) is 107 cm³/mol. The number of rotatable bonds is 9. The van der Waals surface area contributed by atoms with E-state index in [4.69, 9.17) is 14.2 Å². The molecule has 6 heteroatoms. The van der Waals surface area contributed by atoms with Crippen LogP contribution in [0.3, 0.4) is 0 Å². The molecule has 150 valence electrons. The largest absolute Gasteiger partial charge is 0.490 e. The molecule has 2 atom stereocenters. The van der Waals surface area contributed by atoms with Crippen LogP contribution in [0.2, 0.25) is 0 Å². The molecular formula is C21H32N2O4. The summed E-state index contributed by atoms with van der Waals surface area (Å²) < 4.78 is 16.6. The topological polar surface area (TPSA) is 60.0 Å². The van der Waals surface area contributed by atoms with E-state index >= 15 is 0 Å².